The molecule has 1 amide bonds. The lowest BCUT2D eigenvalue weighted by Crippen LogP contribution is -2.51. The molecule has 3 heteroatoms. The number of rotatable bonds is 2. The molecule has 1 rings (SSSR count). The molecule has 0 aromatic rings. The third kappa shape index (κ3) is 3.20. The summed E-state index contributed by atoms with van der Waals surface area (Å²) in [5.74, 6) is 0.277. The minimum Gasteiger partial charge on any atom is -0.338 e. The predicted molar refractivity (Wildman–Crippen MR) is 62.7 cm³/mol. The number of nitrogens with zero attached hydrogens (tertiary/aromatic N) is 1. The van der Waals surface area contributed by atoms with Crippen molar-refractivity contribution in [3.63, 3.8) is 0 Å². The molecule has 0 aromatic heterocycles. The lowest BCUT2D eigenvalue weighted by atomic mass is 9.93. The van der Waals surface area contributed by atoms with E-state index >= 15 is 0 Å². The summed E-state index contributed by atoms with van der Waals surface area (Å²) in [5.41, 5.74) is -0.256. The molecule has 1 saturated heterocycles. The van der Waals surface area contributed by atoms with Crippen molar-refractivity contribution < 1.29 is 4.79 Å². The lowest BCUT2D eigenvalue weighted by Gasteiger charge is -2.37. The number of likely N-dealkylation sites (N-methyl/N-ethyl adjacent to an activating group) is 1. The van der Waals surface area contributed by atoms with Crippen molar-refractivity contribution in [2.45, 2.75) is 46.6 Å². The highest BCUT2D eigenvalue weighted by molar-refractivity contribution is 5.81. The zero-order chi connectivity index (χ0) is 11.5. The van der Waals surface area contributed by atoms with Gasteiger partial charge in [0, 0.05) is 24.5 Å². The van der Waals surface area contributed by atoms with Crippen LogP contribution in [0, 0.1) is 5.41 Å². The van der Waals surface area contributed by atoms with E-state index in [1.165, 1.54) is 6.42 Å². The van der Waals surface area contributed by atoms with Crippen molar-refractivity contribution in [2.75, 3.05) is 19.6 Å². The van der Waals surface area contributed by atoms with Gasteiger partial charge in [0.25, 0.3) is 0 Å². The van der Waals surface area contributed by atoms with Gasteiger partial charge in [0.1, 0.15) is 0 Å². The number of hydrogen-bond acceptors (Lipinski definition) is 2. The van der Waals surface area contributed by atoms with Crippen LogP contribution in [0.1, 0.15) is 40.5 Å². The number of carbonyl (C=O) groups is 1. The standard InChI is InChI=1S/C12H24N2O/c1-5-14(11(15)12(2,3)4)10-7-6-8-13-9-10/h10,13H,5-9H2,1-4H3. The Morgan fingerprint density at radius 3 is 2.53 bits per heavy atom. The number of nitrogens with one attached hydrogen (secondary N) is 1. The second-order valence-corrected chi connectivity index (χ2v) is 5.34. The largest absolute Gasteiger partial charge is 0.338 e. The summed E-state index contributed by atoms with van der Waals surface area (Å²) in [5, 5.41) is 3.36. The van der Waals surface area contributed by atoms with Gasteiger partial charge in [0.15, 0.2) is 0 Å². The van der Waals surface area contributed by atoms with Crippen LogP contribution in [-0.2, 0) is 4.79 Å². The van der Waals surface area contributed by atoms with Crippen LogP contribution in [0.5, 0.6) is 0 Å². The topological polar surface area (TPSA) is 32.3 Å². The van der Waals surface area contributed by atoms with Gasteiger partial charge in [-0.25, -0.2) is 0 Å². The minimum absolute atomic E-state index is 0.256. The molecule has 0 spiro atoms. The molecule has 0 bridgehead atoms. The molecule has 1 fully saturated rings. The van der Waals surface area contributed by atoms with Crippen LogP contribution in [0.3, 0.4) is 0 Å². The lowest BCUT2D eigenvalue weighted by molar-refractivity contribution is -0.142. The fraction of sp³-hybridized carbons (Fsp3) is 0.917. The predicted octanol–water partition coefficient (Wildman–Crippen LogP) is 1.63. The minimum atomic E-state index is -0.256. The molecule has 0 aliphatic carbocycles. The molecule has 1 atom stereocenters. The summed E-state index contributed by atoms with van der Waals surface area (Å²) in [4.78, 5) is 14.2. The zero-order valence-electron chi connectivity index (χ0n) is 10.5. The zero-order valence-corrected chi connectivity index (χ0v) is 10.5. The highest BCUT2D eigenvalue weighted by atomic mass is 16.2. The summed E-state index contributed by atoms with van der Waals surface area (Å²) in [6.07, 6.45) is 2.32. The summed E-state index contributed by atoms with van der Waals surface area (Å²) in [6, 6.07) is 0.399. The van der Waals surface area contributed by atoms with Crippen molar-refractivity contribution in [1.82, 2.24) is 10.2 Å². The van der Waals surface area contributed by atoms with E-state index in [0.717, 1.165) is 26.1 Å². The first-order valence-corrected chi connectivity index (χ1v) is 5.98. The number of amides is 1. The Bertz CT molecular complexity index is 214. The van der Waals surface area contributed by atoms with E-state index in [4.69, 9.17) is 0 Å². The van der Waals surface area contributed by atoms with Gasteiger partial charge in [-0.15, -0.1) is 0 Å². The maximum absolute atomic E-state index is 12.2. The Kier molecular flexibility index (Phi) is 4.14. The highest BCUT2D eigenvalue weighted by Crippen LogP contribution is 2.21. The van der Waals surface area contributed by atoms with E-state index in [-0.39, 0.29) is 11.3 Å². The fourth-order valence-electron chi connectivity index (χ4n) is 2.10. The van der Waals surface area contributed by atoms with Gasteiger partial charge < -0.3 is 10.2 Å². The molecule has 1 heterocycles. The molecule has 1 N–H and O–H groups in total. The van der Waals surface area contributed by atoms with Gasteiger partial charge in [-0.2, -0.15) is 0 Å². The highest BCUT2D eigenvalue weighted by Gasteiger charge is 2.31. The third-order valence-electron chi connectivity index (χ3n) is 2.95. The molecule has 0 saturated carbocycles. The van der Waals surface area contributed by atoms with Gasteiger partial charge in [-0.05, 0) is 26.3 Å². The summed E-state index contributed by atoms with van der Waals surface area (Å²) in [6.45, 7) is 10.9. The van der Waals surface area contributed by atoms with E-state index in [1.54, 1.807) is 0 Å². The van der Waals surface area contributed by atoms with Gasteiger partial charge in [-0.1, -0.05) is 20.8 Å². The van der Waals surface area contributed by atoms with Crippen LogP contribution in [0.2, 0.25) is 0 Å². The van der Waals surface area contributed by atoms with Crippen LogP contribution in [0.4, 0.5) is 0 Å². The van der Waals surface area contributed by atoms with E-state index < -0.39 is 0 Å². The summed E-state index contributed by atoms with van der Waals surface area (Å²) < 4.78 is 0. The average Bonchev–Trinajstić information content (AvgIpc) is 2.19. The Balaban J connectivity index is 2.65. The average molecular weight is 212 g/mol. The first-order chi connectivity index (χ1) is 6.96. The van der Waals surface area contributed by atoms with Crippen LogP contribution in [-0.4, -0.2) is 36.5 Å². The maximum Gasteiger partial charge on any atom is 0.228 e. The Labute approximate surface area is 93.2 Å². The number of hydrogen-bond donors (Lipinski definition) is 1. The molecule has 3 nitrogen and oxygen atoms in total. The van der Waals surface area contributed by atoms with Gasteiger partial charge >= 0.3 is 0 Å². The first-order valence-electron chi connectivity index (χ1n) is 5.98. The molecule has 1 unspecified atom stereocenters. The van der Waals surface area contributed by atoms with Gasteiger partial charge in [0.05, 0.1) is 0 Å². The quantitative estimate of drug-likeness (QED) is 0.754. The second-order valence-electron chi connectivity index (χ2n) is 5.34. The SMILES string of the molecule is CCN(C(=O)C(C)(C)C)C1CCCNC1. The molecule has 0 radical (unpaired) electrons. The maximum atomic E-state index is 12.2. The number of carbonyl (C=O) groups excluding carboxylic acids is 1. The molecule has 0 aromatic carbocycles. The molecule has 88 valence electrons. The molecule has 15 heavy (non-hydrogen) atoms. The van der Waals surface area contributed by atoms with Crippen LogP contribution < -0.4 is 5.32 Å². The summed E-state index contributed by atoms with van der Waals surface area (Å²) in [7, 11) is 0. The van der Waals surface area contributed by atoms with Crippen molar-refractivity contribution in [2.24, 2.45) is 5.41 Å². The number of piperidine rings is 1. The summed E-state index contributed by atoms with van der Waals surface area (Å²) >= 11 is 0. The molecule has 1 aliphatic heterocycles. The Morgan fingerprint density at radius 2 is 2.13 bits per heavy atom. The monoisotopic (exact) mass is 212 g/mol. The van der Waals surface area contributed by atoms with Crippen molar-refractivity contribution >= 4 is 5.91 Å². The van der Waals surface area contributed by atoms with Crippen molar-refractivity contribution in [3.05, 3.63) is 0 Å². The molecular weight excluding hydrogens is 188 g/mol. The van der Waals surface area contributed by atoms with Crippen LogP contribution in [0.25, 0.3) is 0 Å². The van der Waals surface area contributed by atoms with Gasteiger partial charge in [0.2, 0.25) is 5.91 Å². The Hall–Kier alpha value is -0.570. The van der Waals surface area contributed by atoms with Crippen LogP contribution >= 0.6 is 0 Å². The normalized spacial score (nSPS) is 22.5. The van der Waals surface area contributed by atoms with E-state index in [0.29, 0.717) is 6.04 Å². The first kappa shape index (κ1) is 12.5. The van der Waals surface area contributed by atoms with Gasteiger partial charge in [-0.3, -0.25) is 4.79 Å². The van der Waals surface area contributed by atoms with Crippen molar-refractivity contribution in [3.8, 4) is 0 Å². The molecule has 1 aliphatic rings. The Morgan fingerprint density at radius 1 is 1.47 bits per heavy atom. The fourth-order valence-corrected chi connectivity index (χ4v) is 2.10. The van der Waals surface area contributed by atoms with E-state index in [1.807, 2.05) is 25.7 Å². The second kappa shape index (κ2) is 4.97. The van der Waals surface area contributed by atoms with E-state index in [9.17, 15) is 4.79 Å². The molecular formula is C12H24N2O. The smallest absolute Gasteiger partial charge is 0.228 e. The van der Waals surface area contributed by atoms with E-state index in [2.05, 4.69) is 12.2 Å². The third-order valence-corrected chi connectivity index (χ3v) is 2.95. The van der Waals surface area contributed by atoms with Crippen LogP contribution in [0.15, 0.2) is 0 Å². The van der Waals surface area contributed by atoms with Crippen molar-refractivity contribution in [1.29, 1.82) is 0 Å².